The Hall–Kier alpha value is -8.89. The Kier molecular flexibility index (Phi) is 7.97. The van der Waals surface area contributed by atoms with Crippen LogP contribution in [0.1, 0.15) is 81.5 Å². The number of hydrogen-bond donors (Lipinski definition) is 0. The van der Waals surface area contributed by atoms with E-state index in [1.165, 1.54) is 4.57 Å². The third-order valence-electron chi connectivity index (χ3n) is 14.2. The zero-order valence-electron chi connectivity index (χ0n) is 64.8. The van der Waals surface area contributed by atoms with E-state index < -0.39 is 160 Å². The fourth-order valence-electron chi connectivity index (χ4n) is 10.3. The van der Waals surface area contributed by atoms with Gasteiger partial charge in [0.1, 0.15) is 5.82 Å². The average Bonchev–Trinajstić information content (AvgIpc) is 1.64. The first-order chi connectivity index (χ1) is 47.2. The quantitative estimate of drug-likeness (QED) is 0.118. The number of aromatic nitrogens is 4. The Labute approximate surface area is 511 Å². The monoisotopic (exact) mass is 1230 g/mol. The number of ether oxygens (including phenoxy) is 1. The van der Waals surface area contributed by atoms with E-state index >= 15 is 0 Å². The molecule has 10 aromatic carbocycles. The minimum absolute atomic E-state index is 0. The van der Waals surface area contributed by atoms with E-state index in [2.05, 4.69) is 39.2 Å². The van der Waals surface area contributed by atoms with Gasteiger partial charge in [0.05, 0.1) is 45.5 Å². The first-order valence-electron chi connectivity index (χ1n) is 36.0. The predicted octanol–water partition coefficient (Wildman–Crippen LogP) is 18.5. The van der Waals surface area contributed by atoms with Crippen molar-refractivity contribution in [1.29, 1.82) is 0 Å². The summed E-state index contributed by atoms with van der Waals surface area (Å²) in [6.45, 7) is 11.8. The summed E-state index contributed by atoms with van der Waals surface area (Å²) in [7, 11) is 0. The minimum atomic E-state index is -1.00. The van der Waals surface area contributed by atoms with Crippen LogP contribution in [0.25, 0.3) is 117 Å². The summed E-state index contributed by atoms with van der Waals surface area (Å²) in [5.41, 5.74) is -2.68. The van der Waals surface area contributed by atoms with Crippen LogP contribution in [0.5, 0.6) is 11.5 Å². The van der Waals surface area contributed by atoms with Crippen LogP contribution in [-0.4, -0.2) is 14.1 Å². The molecule has 0 aliphatic carbocycles. The summed E-state index contributed by atoms with van der Waals surface area (Å²) < 4.78 is 209. The van der Waals surface area contributed by atoms with Gasteiger partial charge in [0.2, 0.25) is 0 Å². The average molecular weight is 1230 g/mol. The standard InChI is InChI=1S/C74H56N4O.Pt/c1-73(2,3)53-37-38-75-70(44-53)78-67-33-18-17-31-62(67)63-36-35-57(46-69(63)78)79-56-26-19-25-55(45-56)76-47-77-71-65(52-40-50(48-21-9-7-10-22-48)39-51(41-52)49-23-11-8-12-24-49)42-54(74(4,5)6)43-66(71)61-30-16-14-28-59(61)58-27-13-15-29-60(58)64-32-20-34-68(76)72(64)77;/h7-44H,1-6H3;/q-2;/i7D,8D,9D,10D,11D,12D,13D,14D,15D,16D,21D,22D,23D,24D,27D,28D,29D,30D,39D,40D,41D;. The van der Waals surface area contributed by atoms with Gasteiger partial charge in [-0.25, -0.2) is 4.98 Å². The molecule has 0 spiro atoms. The van der Waals surface area contributed by atoms with Gasteiger partial charge in [-0.1, -0.05) is 204 Å². The molecule has 0 amide bonds. The van der Waals surface area contributed by atoms with Crippen LogP contribution in [0.3, 0.4) is 0 Å². The third kappa shape index (κ3) is 8.78. The second-order valence-electron chi connectivity index (χ2n) is 21.2. The summed E-state index contributed by atoms with van der Waals surface area (Å²) in [6, 6.07) is 18.8. The predicted molar refractivity (Wildman–Crippen MR) is 324 cm³/mol. The normalized spacial score (nSPS) is 15.7. The molecule has 14 rings (SSSR count). The molecule has 6 heteroatoms. The summed E-state index contributed by atoms with van der Waals surface area (Å²) >= 11 is 0. The Morgan fingerprint density at radius 2 is 1.06 bits per heavy atom. The number of fused-ring (bicyclic) bond motifs is 10. The Bertz CT molecular complexity index is 5680. The van der Waals surface area contributed by atoms with E-state index in [4.69, 9.17) is 17.9 Å². The van der Waals surface area contributed by atoms with Crippen molar-refractivity contribution >= 4 is 32.8 Å². The SMILES string of the molecule is [2H]c1c([2H])c([2H])c(-c2c([2H])c(-c3cc(C(C)(C)C)cc4c3-[n+]3[c-]n(-c5[c-]c(Oc6[c-]c7c(cc6)c6ccccc6n7-c6cc(C(C)(C)C)ccn6)ccc5)c5cccc(c53)-c3c([2H])c([2H])c([2H])c([2H])c3-c3c([2H])c([2H])c([2H])c([2H])c3-4)c([2H])c(-c3c([2H])c([2H])c([2H])c([2H])c3[2H])c2[2H])c([2H])c1[2H].[Pt]. The Morgan fingerprint density at radius 3 is 1.74 bits per heavy atom. The van der Waals surface area contributed by atoms with E-state index in [1.54, 1.807) is 86.1 Å². The smallest absolute Gasteiger partial charge is 0.268 e. The fourth-order valence-corrected chi connectivity index (χ4v) is 10.3. The molecule has 390 valence electrons. The van der Waals surface area contributed by atoms with E-state index in [0.29, 0.717) is 22.6 Å². The first kappa shape index (κ1) is 32.2. The van der Waals surface area contributed by atoms with Gasteiger partial charge in [0.25, 0.3) is 6.33 Å². The topological polar surface area (TPSA) is 35.9 Å². The van der Waals surface area contributed by atoms with Crippen molar-refractivity contribution in [3.8, 4) is 95.5 Å². The van der Waals surface area contributed by atoms with Gasteiger partial charge in [-0.3, -0.25) is 4.57 Å². The van der Waals surface area contributed by atoms with Crippen molar-refractivity contribution in [3.63, 3.8) is 0 Å². The van der Waals surface area contributed by atoms with Crippen molar-refractivity contribution in [2.45, 2.75) is 52.4 Å². The molecule has 1 aliphatic rings. The van der Waals surface area contributed by atoms with Gasteiger partial charge >= 0.3 is 0 Å². The van der Waals surface area contributed by atoms with Crippen LogP contribution in [-0.2, 0) is 31.9 Å². The number of hydrogen-bond acceptors (Lipinski definition) is 2. The summed E-state index contributed by atoms with van der Waals surface area (Å²) in [4.78, 5) is 4.82. The Balaban J connectivity index is 0.00000912. The van der Waals surface area contributed by atoms with Crippen molar-refractivity contribution < 1.29 is 59.2 Å². The van der Waals surface area contributed by atoms with Gasteiger partial charge in [-0.05, 0) is 136 Å². The van der Waals surface area contributed by atoms with E-state index in [-0.39, 0.29) is 93.6 Å². The molecule has 0 atom stereocenters. The molecule has 0 saturated heterocycles. The van der Waals surface area contributed by atoms with Gasteiger partial charge in [-0.15, -0.1) is 29.7 Å². The molecule has 13 aromatic rings. The zero-order chi connectivity index (χ0) is 71.8. The number of nitrogens with zero attached hydrogens (tertiary/aromatic N) is 4. The molecular weight excluding hydrogens is 1160 g/mol. The van der Waals surface area contributed by atoms with Crippen LogP contribution >= 0.6 is 0 Å². The molecule has 4 heterocycles. The summed E-state index contributed by atoms with van der Waals surface area (Å²) in [5, 5.41) is 1.83. The number of imidazole rings is 1. The summed E-state index contributed by atoms with van der Waals surface area (Å²) in [6.07, 6.45) is 5.25. The summed E-state index contributed by atoms with van der Waals surface area (Å²) in [5.74, 6) is 1.14. The zero-order valence-corrected chi connectivity index (χ0v) is 46.1. The number of benzene rings is 10. The minimum Gasteiger partial charge on any atom is -0.510 e. The molecule has 3 aromatic heterocycles. The molecule has 0 radical (unpaired) electrons. The van der Waals surface area contributed by atoms with E-state index in [1.807, 2.05) is 47.0 Å². The maximum absolute atomic E-state index is 10.5. The van der Waals surface area contributed by atoms with Crippen LogP contribution in [0.15, 0.2) is 230 Å². The maximum Gasteiger partial charge on any atom is 0.268 e. The third-order valence-corrected chi connectivity index (χ3v) is 14.2. The van der Waals surface area contributed by atoms with Crippen molar-refractivity contribution in [2.24, 2.45) is 0 Å². The molecule has 0 N–H and O–H groups in total. The second-order valence-corrected chi connectivity index (χ2v) is 21.2. The Morgan fingerprint density at radius 1 is 0.487 bits per heavy atom. The van der Waals surface area contributed by atoms with Gasteiger partial charge in [0.15, 0.2) is 0 Å². The van der Waals surface area contributed by atoms with Crippen LogP contribution < -0.4 is 9.30 Å². The molecule has 0 unspecified atom stereocenters. The molecule has 0 fully saturated rings. The van der Waals surface area contributed by atoms with Gasteiger partial charge in [-0.2, -0.15) is 18.2 Å². The molecule has 5 nitrogen and oxygen atoms in total. The van der Waals surface area contributed by atoms with Crippen LogP contribution in [0, 0.1) is 18.5 Å². The molecule has 0 saturated carbocycles. The van der Waals surface area contributed by atoms with E-state index in [9.17, 15) is 20.6 Å². The van der Waals surface area contributed by atoms with Crippen molar-refractivity contribution in [1.82, 2.24) is 14.1 Å². The molecular formula is C74H56N4OPt-2. The molecule has 80 heavy (non-hydrogen) atoms. The maximum atomic E-state index is 10.5. The van der Waals surface area contributed by atoms with Crippen molar-refractivity contribution in [3.05, 3.63) is 260 Å². The van der Waals surface area contributed by atoms with E-state index in [0.717, 1.165) is 21.9 Å². The molecule has 0 bridgehead atoms. The number of para-hydroxylation sites is 2. The number of pyridine rings is 1. The van der Waals surface area contributed by atoms with Crippen LogP contribution in [0.2, 0.25) is 0 Å². The van der Waals surface area contributed by atoms with Crippen molar-refractivity contribution in [2.75, 3.05) is 0 Å². The first-order valence-corrected chi connectivity index (χ1v) is 25.5. The largest absolute Gasteiger partial charge is 0.510 e. The fraction of sp³-hybridized carbons (Fsp3) is 0.108. The van der Waals surface area contributed by atoms with Gasteiger partial charge < -0.3 is 13.9 Å². The molecule has 1 aliphatic heterocycles. The second kappa shape index (κ2) is 19.8. The van der Waals surface area contributed by atoms with Crippen LogP contribution in [0.4, 0.5) is 0 Å². The van der Waals surface area contributed by atoms with Gasteiger partial charge in [0, 0.05) is 44.3 Å². The number of rotatable bonds is 7.